The van der Waals surface area contributed by atoms with Crippen LogP contribution >= 0.6 is 0 Å². The number of carbonyl (C=O) groups is 2. The molecule has 0 aromatic heterocycles. The van der Waals surface area contributed by atoms with Crippen LogP contribution in [0.4, 0.5) is 4.79 Å². The normalized spacial score (nSPS) is 41.9. The zero-order chi connectivity index (χ0) is 34.1. The molecule has 2 amide bonds. The molecule has 1 heterocycles. The number of urea groups is 1. The van der Waals surface area contributed by atoms with Crippen LogP contribution in [0.3, 0.4) is 0 Å². The minimum atomic E-state index is -2.90. The van der Waals surface area contributed by atoms with Gasteiger partial charge in [0.15, 0.2) is 9.84 Å². The van der Waals surface area contributed by atoms with E-state index in [9.17, 15) is 23.1 Å². The quantitative estimate of drug-likeness (QED) is 0.311. The third kappa shape index (κ3) is 5.44. The fourth-order valence-electron chi connectivity index (χ4n) is 12.8. The Kier molecular flexibility index (Phi) is 8.62. The van der Waals surface area contributed by atoms with Gasteiger partial charge in [0.25, 0.3) is 0 Å². The molecule has 5 fully saturated rings. The van der Waals surface area contributed by atoms with Crippen molar-refractivity contribution in [3.63, 3.8) is 0 Å². The van der Waals surface area contributed by atoms with Gasteiger partial charge in [-0.15, -0.1) is 0 Å². The number of carbonyl (C=O) groups excluding carboxylic acids is 1. The summed E-state index contributed by atoms with van der Waals surface area (Å²) < 4.78 is 23.6. The second kappa shape index (κ2) is 12.1. The van der Waals surface area contributed by atoms with Crippen LogP contribution in [0.15, 0.2) is 30.3 Å². The Balaban J connectivity index is 1.04. The number of carboxylic acid groups (broad SMARTS) is 1. The Hall–Kier alpha value is -2.39. The molecule has 0 radical (unpaired) electrons. The van der Waals surface area contributed by atoms with E-state index in [1.54, 1.807) is 12.1 Å². The monoisotopic (exact) mass is 679 g/mol. The molecular weight excluding hydrogens is 623 g/mol. The van der Waals surface area contributed by atoms with Gasteiger partial charge in [-0.3, -0.25) is 4.90 Å². The van der Waals surface area contributed by atoms with E-state index in [0.717, 1.165) is 25.7 Å². The molecule has 8 nitrogen and oxygen atoms in total. The maximum atomic E-state index is 13.4. The smallest absolute Gasteiger partial charge is 0.335 e. The number of carboxylic acids is 1. The topological polar surface area (TPSA) is 116 Å². The molecule has 1 aromatic rings. The van der Waals surface area contributed by atoms with Crippen LogP contribution in [0.25, 0.3) is 5.57 Å². The first-order valence-electron chi connectivity index (χ1n) is 18.7. The summed E-state index contributed by atoms with van der Waals surface area (Å²) in [5.74, 6) is 2.40. The molecule has 5 aliphatic carbocycles. The van der Waals surface area contributed by atoms with Crippen molar-refractivity contribution >= 4 is 27.4 Å². The van der Waals surface area contributed by atoms with Crippen LogP contribution in [0, 0.1) is 45.8 Å². The van der Waals surface area contributed by atoms with E-state index in [2.05, 4.69) is 49.3 Å². The number of amides is 2. The maximum Gasteiger partial charge on any atom is 0.335 e. The predicted molar refractivity (Wildman–Crippen MR) is 189 cm³/mol. The average molecular weight is 680 g/mol. The van der Waals surface area contributed by atoms with Gasteiger partial charge >= 0.3 is 12.0 Å². The molecule has 9 heteroatoms. The highest BCUT2D eigenvalue weighted by atomic mass is 32.2. The van der Waals surface area contributed by atoms with Crippen molar-refractivity contribution in [2.75, 3.05) is 37.7 Å². The lowest BCUT2D eigenvalue weighted by molar-refractivity contribution is -0.210. The van der Waals surface area contributed by atoms with Crippen molar-refractivity contribution in [2.24, 2.45) is 45.8 Å². The molecule has 8 unspecified atom stereocenters. The van der Waals surface area contributed by atoms with Gasteiger partial charge in [0.1, 0.15) is 0 Å². The van der Waals surface area contributed by atoms with Gasteiger partial charge in [-0.1, -0.05) is 52.3 Å². The first-order valence-corrected chi connectivity index (χ1v) is 20.6. The molecule has 1 saturated heterocycles. The number of hydrogen-bond donors (Lipinski definition) is 3. The van der Waals surface area contributed by atoms with Gasteiger partial charge in [0.05, 0.1) is 17.1 Å². The zero-order valence-electron chi connectivity index (χ0n) is 29.5. The molecule has 6 aliphatic rings. The molecule has 4 saturated carbocycles. The van der Waals surface area contributed by atoms with Crippen LogP contribution in [0.1, 0.15) is 108 Å². The van der Waals surface area contributed by atoms with Crippen molar-refractivity contribution in [3.05, 3.63) is 41.5 Å². The summed E-state index contributed by atoms with van der Waals surface area (Å²) in [5.41, 5.74) is 3.52. The number of benzene rings is 1. The van der Waals surface area contributed by atoms with Crippen molar-refractivity contribution in [3.8, 4) is 0 Å². The lowest BCUT2D eigenvalue weighted by atomic mass is 9.34. The number of aromatic carboxylic acids is 1. The number of sulfone groups is 1. The van der Waals surface area contributed by atoms with E-state index in [0.29, 0.717) is 61.3 Å². The summed E-state index contributed by atoms with van der Waals surface area (Å²) in [7, 11) is -2.90. The molecule has 7 rings (SSSR count). The second-order valence-electron chi connectivity index (χ2n) is 17.3. The van der Waals surface area contributed by atoms with E-state index in [-0.39, 0.29) is 39.3 Å². The Morgan fingerprint density at radius 1 is 0.896 bits per heavy atom. The largest absolute Gasteiger partial charge is 0.478 e. The highest BCUT2D eigenvalue weighted by Crippen LogP contribution is 2.75. The minimum Gasteiger partial charge on any atom is -0.478 e. The lowest BCUT2D eigenvalue weighted by Gasteiger charge is -2.71. The van der Waals surface area contributed by atoms with E-state index in [4.69, 9.17) is 0 Å². The van der Waals surface area contributed by atoms with Gasteiger partial charge in [0, 0.05) is 31.7 Å². The van der Waals surface area contributed by atoms with Gasteiger partial charge in [0.2, 0.25) is 0 Å². The summed E-state index contributed by atoms with van der Waals surface area (Å²) >= 11 is 0. The van der Waals surface area contributed by atoms with E-state index >= 15 is 0 Å². The highest BCUT2D eigenvalue weighted by molar-refractivity contribution is 7.91. The Morgan fingerprint density at radius 2 is 1.62 bits per heavy atom. The zero-order valence-corrected chi connectivity index (χ0v) is 30.3. The minimum absolute atomic E-state index is 0.0561. The average Bonchev–Trinajstić information content (AvgIpc) is 3.46. The van der Waals surface area contributed by atoms with Crippen molar-refractivity contribution in [1.82, 2.24) is 15.5 Å². The summed E-state index contributed by atoms with van der Waals surface area (Å²) in [4.78, 5) is 27.0. The summed E-state index contributed by atoms with van der Waals surface area (Å²) in [5, 5.41) is 16.1. The van der Waals surface area contributed by atoms with Gasteiger partial charge < -0.3 is 15.7 Å². The third-order valence-corrected chi connectivity index (χ3v) is 17.1. The Labute approximate surface area is 287 Å². The molecule has 3 N–H and O–H groups in total. The summed E-state index contributed by atoms with van der Waals surface area (Å²) in [6.07, 6.45) is 14.2. The van der Waals surface area contributed by atoms with E-state index in [1.807, 2.05) is 12.1 Å². The molecular formula is C39H57N3O5S. The van der Waals surface area contributed by atoms with Crippen LogP contribution in [0.2, 0.25) is 0 Å². The van der Waals surface area contributed by atoms with Gasteiger partial charge in [-0.05, 0) is 127 Å². The lowest BCUT2D eigenvalue weighted by Crippen LogP contribution is -2.67. The first kappa shape index (κ1) is 34.1. The molecule has 0 spiro atoms. The van der Waals surface area contributed by atoms with Gasteiger partial charge in [-0.2, -0.15) is 0 Å². The fourth-order valence-corrected chi connectivity index (χ4v) is 14.1. The number of rotatable bonds is 6. The molecule has 9 atom stereocenters. The molecule has 1 aliphatic heterocycles. The third-order valence-electron chi connectivity index (χ3n) is 15.5. The van der Waals surface area contributed by atoms with Crippen molar-refractivity contribution in [2.45, 2.75) is 97.4 Å². The van der Waals surface area contributed by atoms with Gasteiger partial charge in [-0.25, -0.2) is 18.0 Å². The molecule has 48 heavy (non-hydrogen) atoms. The number of nitrogens with one attached hydrogen (secondary N) is 2. The number of allylic oxidation sites excluding steroid dienone is 2. The van der Waals surface area contributed by atoms with Crippen molar-refractivity contribution < 1.29 is 23.1 Å². The fraction of sp³-hybridized carbons (Fsp3) is 0.744. The summed E-state index contributed by atoms with van der Waals surface area (Å²) in [6, 6.07) is 7.44. The summed E-state index contributed by atoms with van der Waals surface area (Å²) in [6.45, 7) is 12.6. The van der Waals surface area contributed by atoms with Crippen LogP contribution < -0.4 is 10.6 Å². The number of nitrogens with zero attached hydrogens (tertiary/aromatic N) is 1. The highest BCUT2D eigenvalue weighted by Gasteiger charge is 2.68. The molecule has 264 valence electrons. The van der Waals surface area contributed by atoms with Crippen LogP contribution in [-0.2, 0) is 9.84 Å². The first-order chi connectivity index (χ1) is 22.7. The van der Waals surface area contributed by atoms with Crippen LogP contribution in [-0.4, -0.2) is 73.6 Å². The van der Waals surface area contributed by atoms with E-state index < -0.39 is 15.8 Å². The standard InChI is InChI=1S/C39H57N3O5S/c1-26-29(27-7-9-28(10-8-27)34(43)44)13-16-36(2)30(26)14-17-38(4)33(36)12-11-31-32-6-5-15-39(32,19-18-37(31,38)3)41-35(45)40-20-21-42-22-24-48(46,47)25-23-42/h7-10,13,26,30-33H,5-6,11-12,14-25H2,1-4H3,(H,43,44)(H2,40,41,45)/t26?,30?,31?,32?,33?,36?,37-,38?,39?/m1/s1. The van der Waals surface area contributed by atoms with Crippen LogP contribution in [0.5, 0.6) is 0 Å². The SMILES string of the molecule is CC1C(c2ccc(C(=O)O)cc2)=CCC2(C)C1CCC1(C)C2CCC2C3CCCC3(NC(=O)NCCN3CCS(=O)(=O)CC3)CC[C@]21C. The maximum absolute atomic E-state index is 13.4. The Morgan fingerprint density at radius 3 is 2.33 bits per heavy atom. The molecule has 1 aromatic carbocycles. The predicted octanol–water partition coefficient (Wildman–Crippen LogP) is 6.63. The van der Waals surface area contributed by atoms with Crippen molar-refractivity contribution in [1.29, 1.82) is 0 Å². The molecule has 0 bridgehead atoms. The second-order valence-corrected chi connectivity index (χ2v) is 19.6. The van der Waals surface area contributed by atoms with E-state index in [1.165, 1.54) is 49.7 Å². The Bertz CT molecular complexity index is 1560. The number of fused-ring (bicyclic) bond motifs is 7. The number of hydrogen-bond acceptors (Lipinski definition) is 5.